The number of amides is 1. The zero-order valence-electron chi connectivity index (χ0n) is 12.0. The molecule has 0 saturated heterocycles. The standard InChI is InChI=1S/C15H15FN2O2S/c1-15(2)13(17-18-14(15)19)9-4-5-11(20-3)12-10(9)6-8(7-16)21-12/h4-6H,7H2,1-3H3,(H,18,19). The monoisotopic (exact) mass is 306 g/mol. The number of hydrogen-bond donors (Lipinski definition) is 1. The summed E-state index contributed by atoms with van der Waals surface area (Å²) in [5.41, 5.74) is 3.32. The molecule has 0 aliphatic carbocycles. The predicted octanol–water partition coefficient (Wildman–Crippen LogP) is 3.24. The van der Waals surface area contributed by atoms with Gasteiger partial charge in [0.25, 0.3) is 5.91 Å². The predicted molar refractivity (Wildman–Crippen MR) is 81.6 cm³/mol. The molecule has 0 radical (unpaired) electrons. The van der Waals surface area contributed by atoms with E-state index in [2.05, 4.69) is 10.5 Å². The zero-order valence-corrected chi connectivity index (χ0v) is 12.8. The number of carbonyl (C=O) groups is 1. The number of carbonyl (C=O) groups excluding carboxylic acids is 1. The van der Waals surface area contributed by atoms with E-state index in [4.69, 9.17) is 4.74 Å². The van der Waals surface area contributed by atoms with E-state index < -0.39 is 12.1 Å². The third-order valence-electron chi connectivity index (χ3n) is 3.73. The Balaban J connectivity index is 2.25. The van der Waals surface area contributed by atoms with Gasteiger partial charge in [-0.3, -0.25) is 4.79 Å². The third-order valence-corrected chi connectivity index (χ3v) is 4.85. The smallest absolute Gasteiger partial charge is 0.251 e. The van der Waals surface area contributed by atoms with E-state index in [1.807, 2.05) is 26.0 Å². The van der Waals surface area contributed by atoms with Crippen LogP contribution in [-0.4, -0.2) is 18.7 Å². The molecule has 4 nitrogen and oxygen atoms in total. The Hall–Kier alpha value is -1.95. The van der Waals surface area contributed by atoms with Gasteiger partial charge in [-0.05, 0) is 32.0 Å². The fourth-order valence-electron chi connectivity index (χ4n) is 2.47. The van der Waals surface area contributed by atoms with Crippen LogP contribution in [0.25, 0.3) is 10.1 Å². The molecule has 110 valence electrons. The quantitative estimate of drug-likeness (QED) is 0.946. The van der Waals surface area contributed by atoms with Crippen LogP contribution in [0.15, 0.2) is 23.3 Å². The number of benzene rings is 1. The average Bonchev–Trinajstić information content (AvgIpc) is 3.01. The van der Waals surface area contributed by atoms with Crippen molar-refractivity contribution in [2.24, 2.45) is 10.5 Å². The minimum absolute atomic E-state index is 0.137. The minimum Gasteiger partial charge on any atom is -0.495 e. The summed E-state index contributed by atoms with van der Waals surface area (Å²) in [5.74, 6) is 0.566. The van der Waals surface area contributed by atoms with E-state index in [9.17, 15) is 9.18 Å². The lowest BCUT2D eigenvalue weighted by atomic mass is 9.83. The second kappa shape index (κ2) is 4.80. The number of hydrogen-bond acceptors (Lipinski definition) is 4. The molecule has 1 amide bonds. The highest BCUT2D eigenvalue weighted by Crippen LogP contribution is 2.39. The van der Waals surface area contributed by atoms with Crippen LogP contribution in [0.5, 0.6) is 5.75 Å². The number of halogens is 1. The summed E-state index contributed by atoms with van der Waals surface area (Å²) in [5, 5.41) is 5.04. The Morgan fingerprint density at radius 2 is 2.19 bits per heavy atom. The van der Waals surface area contributed by atoms with Gasteiger partial charge in [-0.15, -0.1) is 11.3 Å². The summed E-state index contributed by atoms with van der Waals surface area (Å²) in [4.78, 5) is 12.5. The van der Waals surface area contributed by atoms with Crippen LogP contribution in [0.4, 0.5) is 4.39 Å². The van der Waals surface area contributed by atoms with E-state index in [1.54, 1.807) is 13.2 Å². The molecule has 0 atom stereocenters. The zero-order chi connectivity index (χ0) is 15.2. The Morgan fingerprint density at radius 3 is 2.76 bits per heavy atom. The maximum Gasteiger partial charge on any atom is 0.251 e. The van der Waals surface area contributed by atoms with Crippen molar-refractivity contribution < 1.29 is 13.9 Å². The first kappa shape index (κ1) is 14.0. The second-order valence-electron chi connectivity index (χ2n) is 5.43. The van der Waals surface area contributed by atoms with Crippen molar-refractivity contribution >= 4 is 33.0 Å². The number of ether oxygens (including phenoxy) is 1. The second-order valence-corrected chi connectivity index (χ2v) is 6.57. The van der Waals surface area contributed by atoms with Crippen LogP contribution in [0.2, 0.25) is 0 Å². The first-order chi connectivity index (χ1) is 9.98. The first-order valence-electron chi connectivity index (χ1n) is 6.53. The van der Waals surface area contributed by atoms with Crippen molar-refractivity contribution in [2.45, 2.75) is 20.5 Å². The molecule has 0 bridgehead atoms. The van der Waals surface area contributed by atoms with Crippen LogP contribution >= 0.6 is 11.3 Å². The molecule has 6 heteroatoms. The van der Waals surface area contributed by atoms with E-state index in [0.29, 0.717) is 16.3 Å². The van der Waals surface area contributed by atoms with Gasteiger partial charge in [0.05, 0.1) is 22.9 Å². The minimum atomic E-state index is -0.709. The van der Waals surface area contributed by atoms with Crippen LogP contribution in [0, 0.1) is 5.41 Å². The summed E-state index contributed by atoms with van der Waals surface area (Å²) >= 11 is 1.36. The molecule has 1 N–H and O–H groups in total. The third kappa shape index (κ3) is 2.01. The van der Waals surface area contributed by atoms with E-state index >= 15 is 0 Å². The van der Waals surface area contributed by atoms with Gasteiger partial charge in [0.15, 0.2) is 0 Å². The van der Waals surface area contributed by atoms with E-state index in [0.717, 1.165) is 15.6 Å². The molecule has 0 fully saturated rings. The molecule has 0 unspecified atom stereocenters. The number of thiophene rings is 1. The number of hydrazone groups is 1. The van der Waals surface area contributed by atoms with Crippen LogP contribution in [0.3, 0.4) is 0 Å². The van der Waals surface area contributed by atoms with Gasteiger partial charge < -0.3 is 4.74 Å². The van der Waals surface area contributed by atoms with E-state index in [-0.39, 0.29) is 5.91 Å². The van der Waals surface area contributed by atoms with Crippen molar-refractivity contribution in [1.82, 2.24) is 5.43 Å². The molecule has 1 aromatic carbocycles. The van der Waals surface area contributed by atoms with Gasteiger partial charge in [0, 0.05) is 15.8 Å². The largest absolute Gasteiger partial charge is 0.495 e. The lowest BCUT2D eigenvalue weighted by Gasteiger charge is -2.18. The Bertz CT molecular complexity index is 764. The molecular weight excluding hydrogens is 291 g/mol. The molecule has 1 aromatic heterocycles. The van der Waals surface area contributed by atoms with Gasteiger partial charge >= 0.3 is 0 Å². The molecule has 21 heavy (non-hydrogen) atoms. The van der Waals surface area contributed by atoms with Gasteiger partial charge in [0.1, 0.15) is 12.4 Å². The molecule has 2 aromatic rings. The Labute approximate surface area is 125 Å². The molecule has 1 aliphatic rings. The molecule has 1 aliphatic heterocycles. The van der Waals surface area contributed by atoms with Crippen LogP contribution in [0.1, 0.15) is 24.3 Å². The highest BCUT2D eigenvalue weighted by atomic mass is 32.1. The van der Waals surface area contributed by atoms with Gasteiger partial charge in [-0.25, -0.2) is 9.82 Å². The normalized spacial score (nSPS) is 17.0. The van der Waals surface area contributed by atoms with Crippen molar-refractivity contribution in [2.75, 3.05) is 7.11 Å². The number of nitrogens with zero attached hydrogens (tertiary/aromatic N) is 1. The number of fused-ring (bicyclic) bond motifs is 1. The topological polar surface area (TPSA) is 50.7 Å². The molecule has 0 saturated carbocycles. The van der Waals surface area contributed by atoms with Crippen molar-refractivity contribution in [3.63, 3.8) is 0 Å². The van der Waals surface area contributed by atoms with Crippen molar-refractivity contribution in [1.29, 1.82) is 0 Å². The molecule has 0 spiro atoms. The van der Waals surface area contributed by atoms with Crippen molar-refractivity contribution in [3.8, 4) is 5.75 Å². The summed E-state index contributed by atoms with van der Waals surface area (Å²) in [6.45, 7) is 3.13. The molecule has 3 rings (SSSR count). The maximum atomic E-state index is 13.0. The lowest BCUT2D eigenvalue weighted by Crippen LogP contribution is -2.32. The van der Waals surface area contributed by atoms with Gasteiger partial charge in [-0.1, -0.05) is 0 Å². The first-order valence-corrected chi connectivity index (χ1v) is 7.35. The highest BCUT2D eigenvalue weighted by molar-refractivity contribution is 7.19. The SMILES string of the molecule is COc1ccc(C2=NNC(=O)C2(C)C)c2cc(CF)sc12. The van der Waals surface area contributed by atoms with Crippen molar-refractivity contribution in [3.05, 3.63) is 28.6 Å². The lowest BCUT2D eigenvalue weighted by molar-refractivity contribution is -0.125. The summed E-state index contributed by atoms with van der Waals surface area (Å²) in [6, 6.07) is 5.51. The Morgan fingerprint density at radius 1 is 1.43 bits per heavy atom. The number of methoxy groups -OCH3 is 1. The molecular formula is C15H15FN2O2S. The summed E-state index contributed by atoms with van der Waals surface area (Å²) in [6.07, 6.45) is 0. The number of rotatable bonds is 3. The van der Waals surface area contributed by atoms with E-state index in [1.165, 1.54) is 11.3 Å². The fraction of sp³-hybridized carbons (Fsp3) is 0.333. The maximum absolute atomic E-state index is 13.0. The van der Waals surface area contributed by atoms with Crippen LogP contribution < -0.4 is 10.2 Å². The Kier molecular flexibility index (Phi) is 3.20. The van der Waals surface area contributed by atoms with Gasteiger partial charge in [-0.2, -0.15) is 5.10 Å². The van der Waals surface area contributed by atoms with Gasteiger partial charge in [0.2, 0.25) is 0 Å². The number of nitrogens with one attached hydrogen (secondary N) is 1. The highest BCUT2D eigenvalue weighted by Gasteiger charge is 2.40. The molecule has 2 heterocycles. The summed E-state index contributed by atoms with van der Waals surface area (Å²) in [7, 11) is 1.59. The van der Waals surface area contributed by atoms with Crippen LogP contribution in [-0.2, 0) is 11.5 Å². The summed E-state index contributed by atoms with van der Waals surface area (Å²) < 4.78 is 19.2. The number of alkyl halides is 1. The fourth-order valence-corrected chi connectivity index (χ4v) is 3.50. The average molecular weight is 306 g/mol.